The van der Waals surface area contributed by atoms with Crippen LogP contribution in [-0.2, 0) is 11.3 Å². The molecular weight excluding hydrogens is 322 g/mol. The molecule has 0 aliphatic heterocycles. The van der Waals surface area contributed by atoms with Crippen LogP contribution in [0.2, 0.25) is 0 Å². The standard InChI is InChI=1S/C16H16F2N2O2S/c1-11-20-13(10-23-11)5-6-16(21)19-8-12-3-2-4-14(7-12)22-9-15(17)18/h2-7,10,15H,8-9H2,1H3,(H,19,21)/b6-5+. The predicted molar refractivity (Wildman–Crippen MR) is 85.7 cm³/mol. The lowest BCUT2D eigenvalue weighted by molar-refractivity contribution is -0.116. The summed E-state index contributed by atoms with van der Waals surface area (Å²) < 4.78 is 29.2. The summed E-state index contributed by atoms with van der Waals surface area (Å²) in [5.74, 6) is 0.0973. The van der Waals surface area contributed by atoms with Gasteiger partial charge < -0.3 is 10.1 Å². The Balaban J connectivity index is 1.84. The second-order valence-corrected chi connectivity index (χ2v) is 5.75. The van der Waals surface area contributed by atoms with Crippen molar-refractivity contribution < 1.29 is 18.3 Å². The minimum atomic E-state index is -2.52. The highest BCUT2D eigenvalue weighted by atomic mass is 32.1. The summed E-state index contributed by atoms with van der Waals surface area (Å²) >= 11 is 1.51. The first-order valence-electron chi connectivity index (χ1n) is 6.91. The van der Waals surface area contributed by atoms with Crippen LogP contribution in [0.5, 0.6) is 5.75 Å². The van der Waals surface area contributed by atoms with Gasteiger partial charge in [0, 0.05) is 18.0 Å². The van der Waals surface area contributed by atoms with Gasteiger partial charge in [-0.15, -0.1) is 11.3 Å². The molecule has 1 N–H and O–H groups in total. The van der Waals surface area contributed by atoms with Gasteiger partial charge in [0.2, 0.25) is 5.91 Å². The van der Waals surface area contributed by atoms with Crippen molar-refractivity contribution >= 4 is 23.3 Å². The number of thiazole rings is 1. The maximum atomic E-state index is 12.1. The highest BCUT2D eigenvalue weighted by Crippen LogP contribution is 2.14. The first-order valence-corrected chi connectivity index (χ1v) is 7.79. The van der Waals surface area contributed by atoms with E-state index >= 15 is 0 Å². The Morgan fingerprint density at radius 1 is 1.48 bits per heavy atom. The lowest BCUT2D eigenvalue weighted by Crippen LogP contribution is -2.20. The third-order valence-corrected chi connectivity index (χ3v) is 3.58. The van der Waals surface area contributed by atoms with Crippen molar-refractivity contribution in [2.24, 2.45) is 0 Å². The normalized spacial score (nSPS) is 11.1. The van der Waals surface area contributed by atoms with Gasteiger partial charge in [-0.2, -0.15) is 0 Å². The van der Waals surface area contributed by atoms with Crippen LogP contribution in [0.4, 0.5) is 8.78 Å². The van der Waals surface area contributed by atoms with Crippen molar-refractivity contribution in [2.45, 2.75) is 19.9 Å². The van der Waals surface area contributed by atoms with Crippen molar-refractivity contribution in [2.75, 3.05) is 6.61 Å². The SMILES string of the molecule is Cc1nc(/C=C/C(=O)NCc2cccc(OCC(F)F)c2)cs1. The molecule has 0 spiro atoms. The molecule has 0 fully saturated rings. The Morgan fingerprint density at radius 2 is 2.30 bits per heavy atom. The van der Waals surface area contributed by atoms with Gasteiger partial charge in [0.1, 0.15) is 12.4 Å². The summed E-state index contributed by atoms with van der Waals surface area (Å²) in [7, 11) is 0. The summed E-state index contributed by atoms with van der Waals surface area (Å²) in [6, 6.07) is 6.69. The molecule has 0 unspecified atom stereocenters. The summed E-state index contributed by atoms with van der Waals surface area (Å²) in [5, 5.41) is 5.51. The van der Waals surface area contributed by atoms with E-state index in [9.17, 15) is 13.6 Å². The zero-order valence-corrected chi connectivity index (χ0v) is 13.3. The van der Waals surface area contributed by atoms with E-state index < -0.39 is 13.0 Å². The Bertz CT molecular complexity index is 686. The number of halogens is 2. The van der Waals surface area contributed by atoms with Gasteiger partial charge in [0.15, 0.2) is 0 Å². The Kier molecular flexibility index (Phi) is 6.22. The second-order valence-electron chi connectivity index (χ2n) is 4.69. The van der Waals surface area contributed by atoms with Crippen LogP contribution < -0.4 is 10.1 Å². The predicted octanol–water partition coefficient (Wildman–Crippen LogP) is 3.43. The minimum absolute atomic E-state index is 0.255. The summed E-state index contributed by atoms with van der Waals surface area (Å²) in [5.41, 5.74) is 1.51. The number of carbonyl (C=O) groups is 1. The molecule has 7 heteroatoms. The third-order valence-electron chi connectivity index (χ3n) is 2.78. The van der Waals surface area contributed by atoms with Crippen molar-refractivity contribution in [1.29, 1.82) is 0 Å². The van der Waals surface area contributed by atoms with Gasteiger partial charge in [-0.25, -0.2) is 13.8 Å². The van der Waals surface area contributed by atoms with Crippen molar-refractivity contribution in [3.05, 3.63) is 52.0 Å². The van der Waals surface area contributed by atoms with Crippen LogP contribution in [0.3, 0.4) is 0 Å². The van der Waals surface area contributed by atoms with Crippen LogP contribution in [0, 0.1) is 6.92 Å². The number of alkyl halides is 2. The van der Waals surface area contributed by atoms with E-state index in [-0.39, 0.29) is 12.5 Å². The highest BCUT2D eigenvalue weighted by molar-refractivity contribution is 7.09. The van der Waals surface area contributed by atoms with Gasteiger partial charge in [0.25, 0.3) is 6.43 Å². The third kappa shape index (κ3) is 6.15. The van der Waals surface area contributed by atoms with Crippen LogP contribution in [0.1, 0.15) is 16.3 Å². The number of nitrogens with one attached hydrogen (secondary N) is 1. The maximum absolute atomic E-state index is 12.1. The fourth-order valence-electron chi connectivity index (χ4n) is 1.77. The molecule has 1 heterocycles. The molecule has 23 heavy (non-hydrogen) atoms. The fraction of sp³-hybridized carbons (Fsp3) is 0.250. The van der Waals surface area contributed by atoms with Crippen LogP contribution >= 0.6 is 11.3 Å². The average molecular weight is 338 g/mol. The summed E-state index contributed by atoms with van der Waals surface area (Å²) in [6.45, 7) is 1.53. The van der Waals surface area contributed by atoms with Crippen LogP contribution in [0.15, 0.2) is 35.7 Å². The Labute approximate surface area is 136 Å². The first-order chi connectivity index (χ1) is 11.0. The molecule has 0 saturated heterocycles. The number of hydrogen-bond acceptors (Lipinski definition) is 4. The van der Waals surface area contributed by atoms with E-state index in [2.05, 4.69) is 10.3 Å². The molecule has 2 rings (SSSR count). The molecule has 0 radical (unpaired) electrons. The summed E-state index contributed by atoms with van der Waals surface area (Å²) in [6.07, 6.45) is 0.532. The van der Waals surface area contributed by atoms with Gasteiger partial charge in [-0.05, 0) is 30.7 Å². The number of amides is 1. The average Bonchev–Trinajstić information content (AvgIpc) is 2.95. The number of hydrogen-bond donors (Lipinski definition) is 1. The molecule has 0 aliphatic rings. The maximum Gasteiger partial charge on any atom is 0.272 e. The summed E-state index contributed by atoms with van der Waals surface area (Å²) in [4.78, 5) is 16.0. The fourth-order valence-corrected chi connectivity index (χ4v) is 2.35. The van der Waals surface area contributed by atoms with E-state index in [0.29, 0.717) is 5.75 Å². The molecular formula is C16H16F2N2O2S. The van der Waals surface area contributed by atoms with Crippen LogP contribution in [0.25, 0.3) is 6.08 Å². The van der Waals surface area contributed by atoms with E-state index in [4.69, 9.17) is 4.74 Å². The lowest BCUT2D eigenvalue weighted by Gasteiger charge is -2.08. The second kappa shape index (κ2) is 8.38. The van der Waals surface area contributed by atoms with Gasteiger partial charge in [-0.3, -0.25) is 4.79 Å². The zero-order valence-electron chi connectivity index (χ0n) is 12.5. The van der Waals surface area contributed by atoms with Gasteiger partial charge in [0.05, 0.1) is 10.7 Å². The number of ether oxygens (including phenoxy) is 1. The van der Waals surface area contributed by atoms with Crippen molar-refractivity contribution in [1.82, 2.24) is 10.3 Å². The molecule has 122 valence electrons. The molecule has 0 saturated carbocycles. The molecule has 1 aromatic carbocycles. The van der Waals surface area contributed by atoms with E-state index in [0.717, 1.165) is 16.3 Å². The van der Waals surface area contributed by atoms with Crippen molar-refractivity contribution in [3.8, 4) is 5.75 Å². The Morgan fingerprint density at radius 3 is 3.00 bits per heavy atom. The topological polar surface area (TPSA) is 51.2 Å². The zero-order chi connectivity index (χ0) is 16.7. The van der Waals surface area contributed by atoms with E-state index in [1.54, 1.807) is 30.3 Å². The molecule has 0 bridgehead atoms. The van der Waals surface area contributed by atoms with Crippen molar-refractivity contribution in [3.63, 3.8) is 0 Å². The highest BCUT2D eigenvalue weighted by Gasteiger charge is 2.04. The number of aromatic nitrogens is 1. The number of aryl methyl sites for hydroxylation is 1. The first kappa shape index (κ1) is 17.1. The quantitative estimate of drug-likeness (QED) is 0.787. The monoisotopic (exact) mass is 338 g/mol. The molecule has 1 amide bonds. The van der Waals surface area contributed by atoms with Gasteiger partial charge >= 0.3 is 0 Å². The largest absolute Gasteiger partial charge is 0.488 e. The molecule has 0 aliphatic carbocycles. The smallest absolute Gasteiger partial charge is 0.272 e. The number of rotatable bonds is 7. The Hall–Kier alpha value is -2.28. The van der Waals surface area contributed by atoms with Gasteiger partial charge in [-0.1, -0.05) is 12.1 Å². The molecule has 1 aromatic heterocycles. The molecule has 2 aromatic rings. The molecule has 4 nitrogen and oxygen atoms in total. The number of benzene rings is 1. The number of carbonyl (C=O) groups excluding carboxylic acids is 1. The number of nitrogens with zero attached hydrogens (tertiary/aromatic N) is 1. The molecule has 0 atom stereocenters. The minimum Gasteiger partial charge on any atom is -0.488 e. The van der Waals surface area contributed by atoms with E-state index in [1.165, 1.54) is 17.4 Å². The van der Waals surface area contributed by atoms with Crippen LogP contribution in [-0.4, -0.2) is 23.9 Å². The lowest BCUT2D eigenvalue weighted by atomic mass is 10.2. The van der Waals surface area contributed by atoms with E-state index in [1.807, 2.05) is 12.3 Å².